The Morgan fingerprint density at radius 2 is 2.06 bits per heavy atom. The van der Waals surface area contributed by atoms with E-state index in [1.165, 1.54) is 30.6 Å². The van der Waals surface area contributed by atoms with Gasteiger partial charge in [0.2, 0.25) is 0 Å². The van der Waals surface area contributed by atoms with Crippen molar-refractivity contribution in [3.8, 4) is 0 Å². The summed E-state index contributed by atoms with van der Waals surface area (Å²) in [7, 11) is 0. The highest BCUT2D eigenvalue weighted by Gasteiger charge is 2.24. The Hall–Kier alpha value is 0.01000. The Kier molecular flexibility index (Phi) is 5.58. The second kappa shape index (κ2) is 6.97. The Bertz CT molecular complexity index is 365. The first-order valence-electron chi connectivity index (χ1n) is 6.79. The van der Waals surface area contributed by atoms with Crippen LogP contribution in [-0.4, -0.2) is 11.8 Å². The van der Waals surface area contributed by atoms with E-state index in [1.807, 2.05) is 11.8 Å². The van der Waals surface area contributed by atoms with E-state index in [2.05, 4.69) is 47.1 Å². The van der Waals surface area contributed by atoms with Crippen LogP contribution in [0.15, 0.2) is 33.6 Å². The van der Waals surface area contributed by atoms with Crippen LogP contribution in [0, 0.1) is 11.8 Å². The zero-order chi connectivity index (χ0) is 13.0. The number of thioether (sulfide) groups is 1. The fourth-order valence-corrected chi connectivity index (χ4v) is 3.98. The van der Waals surface area contributed by atoms with Crippen LogP contribution in [0.4, 0.5) is 0 Å². The van der Waals surface area contributed by atoms with Crippen LogP contribution in [0.5, 0.6) is 0 Å². The first kappa shape index (κ1) is 14.4. The zero-order valence-corrected chi connectivity index (χ0v) is 13.3. The van der Waals surface area contributed by atoms with Gasteiger partial charge in [0.15, 0.2) is 0 Å². The van der Waals surface area contributed by atoms with E-state index in [-0.39, 0.29) is 0 Å². The van der Waals surface area contributed by atoms with Crippen LogP contribution in [0.1, 0.15) is 32.6 Å². The SMILES string of the molecule is CC1CCCC(C(N)CSc2ccc(Br)cc2)C1. The van der Waals surface area contributed by atoms with E-state index in [4.69, 9.17) is 5.73 Å². The molecular formula is C15H22BrNS. The standard InChI is InChI=1S/C15H22BrNS/c1-11-3-2-4-12(9-11)15(17)10-18-14-7-5-13(16)6-8-14/h5-8,11-12,15H,2-4,9-10,17H2,1H3. The Labute approximate surface area is 123 Å². The molecule has 0 spiro atoms. The second-order valence-corrected chi connectivity index (χ2v) is 7.47. The second-order valence-electron chi connectivity index (χ2n) is 5.46. The smallest absolute Gasteiger partial charge is 0.0176 e. The first-order valence-corrected chi connectivity index (χ1v) is 8.57. The molecule has 0 heterocycles. The molecule has 3 atom stereocenters. The van der Waals surface area contributed by atoms with Gasteiger partial charge in [-0.2, -0.15) is 0 Å². The molecule has 3 heteroatoms. The quantitative estimate of drug-likeness (QED) is 0.811. The molecule has 1 saturated carbocycles. The average molecular weight is 328 g/mol. The fraction of sp³-hybridized carbons (Fsp3) is 0.600. The van der Waals surface area contributed by atoms with Crippen molar-refractivity contribution in [1.82, 2.24) is 0 Å². The van der Waals surface area contributed by atoms with Gasteiger partial charge in [-0.3, -0.25) is 0 Å². The molecule has 0 amide bonds. The van der Waals surface area contributed by atoms with Gasteiger partial charge in [0.1, 0.15) is 0 Å². The highest BCUT2D eigenvalue weighted by Crippen LogP contribution is 2.32. The predicted octanol–water partition coefficient (Wildman–Crippen LogP) is 4.69. The molecule has 1 nitrogen and oxygen atoms in total. The number of hydrogen-bond acceptors (Lipinski definition) is 2. The van der Waals surface area contributed by atoms with E-state index < -0.39 is 0 Å². The molecule has 18 heavy (non-hydrogen) atoms. The van der Waals surface area contributed by atoms with Crippen molar-refractivity contribution >= 4 is 27.7 Å². The van der Waals surface area contributed by atoms with Crippen molar-refractivity contribution in [2.24, 2.45) is 17.6 Å². The van der Waals surface area contributed by atoms with Crippen LogP contribution >= 0.6 is 27.7 Å². The van der Waals surface area contributed by atoms with E-state index in [0.717, 1.165) is 22.1 Å². The van der Waals surface area contributed by atoms with Crippen molar-refractivity contribution < 1.29 is 0 Å². The summed E-state index contributed by atoms with van der Waals surface area (Å²) in [6.07, 6.45) is 5.40. The molecule has 1 aliphatic rings. The molecule has 2 rings (SSSR count). The summed E-state index contributed by atoms with van der Waals surface area (Å²) in [6, 6.07) is 8.85. The maximum absolute atomic E-state index is 6.36. The third kappa shape index (κ3) is 4.29. The third-order valence-electron chi connectivity index (χ3n) is 3.84. The summed E-state index contributed by atoms with van der Waals surface area (Å²) in [4.78, 5) is 1.32. The number of halogens is 1. The summed E-state index contributed by atoms with van der Waals surface area (Å²) < 4.78 is 1.14. The monoisotopic (exact) mass is 327 g/mol. The van der Waals surface area contributed by atoms with Gasteiger partial charge in [-0.25, -0.2) is 0 Å². The molecular weight excluding hydrogens is 306 g/mol. The lowest BCUT2D eigenvalue weighted by molar-refractivity contribution is 0.256. The van der Waals surface area contributed by atoms with E-state index in [9.17, 15) is 0 Å². The van der Waals surface area contributed by atoms with Crippen LogP contribution in [-0.2, 0) is 0 Å². The average Bonchev–Trinajstić information content (AvgIpc) is 2.38. The van der Waals surface area contributed by atoms with Gasteiger partial charge in [-0.15, -0.1) is 11.8 Å². The molecule has 100 valence electrons. The van der Waals surface area contributed by atoms with Crippen LogP contribution in [0.2, 0.25) is 0 Å². The Morgan fingerprint density at radius 1 is 1.33 bits per heavy atom. The van der Waals surface area contributed by atoms with Crippen molar-refractivity contribution in [2.75, 3.05) is 5.75 Å². The molecule has 1 aliphatic carbocycles. The van der Waals surface area contributed by atoms with Crippen molar-refractivity contribution in [1.29, 1.82) is 0 Å². The lowest BCUT2D eigenvalue weighted by atomic mass is 9.79. The van der Waals surface area contributed by atoms with Crippen LogP contribution in [0.25, 0.3) is 0 Å². The number of rotatable bonds is 4. The highest BCUT2D eigenvalue weighted by molar-refractivity contribution is 9.10. The number of hydrogen-bond donors (Lipinski definition) is 1. The fourth-order valence-electron chi connectivity index (χ4n) is 2.73. The first-order chi connectivity index (χ1) is 8.65. The summed E-state index contributed by atoms with van der Waals surface area (Å²) in [5.74, 6) is 2.64. The van der Waals surface area contributed by atoms with Crippen LogP contribution < -0.4 is 5.73 Å². The molecule has 0 radical (unpaired) electrons. The molecule has 3 unspecified atom stereocenters. The maximum atomic E-state index is 6.36. The normalized spacial score (nSPS) is 25.9. The van der Waals surface area contributed by atoms with Gasteiger partial charge in [0, 0.05) is 21.2 Å². The minimum Gasteiger partial charge on any atom is -0.327 e. The lowest BCUT2D eigenvalue weighted by Gasteiger charge is -2.31. The van der Waals surface area contributed by atoms with Gasteiger partial charge < -0.3 is 5.73 Å². The molecule has 1 aromatic rings. The molecule has 1 fully saturated rings. The topological polar surface area (TPSA) is 26.0 Å². The Morgan fingerprint density at radius 3 is 2.72 bits per heavy atom. The zero-order valence-electron chi connectivity index (χ0n) is 10.9. The number of benzene rings is 1. The predicted molar refractivity (Wildman–Crippen MR) is 84.0 cm³/mol. The van der Waals surface area contributed by atoms with Gasteiger partial charge in [-0.1, -0.05) is 35.7 Å². The summed E-state index contributed by atoms with van der Waals surface area (Å²) in [5.41, 5.74) is 6.36. The van der Waals surface area contributed by atoms with Crippen molar-refractivity contribution in [3.05, 3.63) is 28.7 Å². The van der Waals surface area contributed by atoms with Crippen molar-refractivity contribution in [2.45, 2.75) is 43.5 Å². The van der Waals surface area contributed by atoms with E-state index >= 15 is 0 Å². The molecule has 0 aromatic heterocycles. The summed E-state index contributed by atoms with van der Waals surface area (Å²) in [6.45, 7) is 2.36. The van der Waals surface area contributed by atoms with Gasteiger partial charge >= 0.3 is 0 Å². The molecule has 0 saturated heterocycles. The Balaban J connectivity index is 1.80. The minimum atomic E-state index is 0.349. The molecule has 0 bridgehead atoms. The molecule has 1 aromatic carbocycles. The summed E-state index contributed by atoms with van der Waals surface area (Å²) in [5, 5.41) is 0. The third-order valence-corrected chi connectivity index (χ3v) is 5.52. The van der Waals surface area contributed by atoms with Gasteiger partial charge in [0.05, 0.1) is 0 Å². The van der Waals surface area contributed by atoms with Gasteiger partial charge in [0.25, 0.3) is 0 Å². The van der Waals surface area contributed by atoms with E-state index in [1.54, 1.807) is 0 Å². The minimum absolute atomic E-state index is 0.349. The van der Waals surface area contributed by atoms with Crippen molar-refractivity contribution in [3.63, 3.8) is 0 Å². The highest BCUT2D eigenvalue weighted by atomic mass is 79.9. The summed E-state index contributed by atoms with van der Waals surface area (Å²) >= 11 is 5.35. The largest absolute Gasteiger partial charge is 0.327 e. The van der Waals surface area contributed by atoms with E-state index in [0.29, 0.717) is 6.04 Å². The number of nitrogens with two attached hydrogens (primary N) is 1. The molecule has 0 aliphatic heterocycles. The van der Waals surface area contributed by atoms with Crippen LogP contribution in [0.3, 0.4) is 0 Å². The lowest BCUT2D eigenvalue weighted by Crippen LogP contribution is -2.35. The molecule has 2 N–H and O–H groups in total. The van der Waals surface area contributed by atoms with Gasteiger partial charge in [-0.05, 0) is 48.9 Å². The maximum Gasteiger partial charge on any atom is 0.0176 e.